The van der Waals surface area contributed by atoms with Gasteiger partial charge in [-0.15, -0.1) is 9.24 Å². The molecule has 0 amide bonds. The van der Waals surface area contributed by atoms with Crippen LogP contribution in [0.3, 0.4) is 0 Å². The highest BCUT2D eigenvalue weighted by Crippen LogP contribution is 2.47. The maximum absolute atomic E-state index is 11.0. The van der Waals surface area contributed by atoms with Gasteiger partial charge in [0.15, 0.2) is 0 Å². The van der Waals surface area contributed by atoms with E-state index in [0.717, 1.165) is 32.2 Å². The quantitative estimate of drug-likeness (QED) is 0.500. The average Bonchev–Trinajstić information content (AvgIpc) is 3.22. The molecular formula is C24H28N3OP. The Morgan fingerprint density at radius 1 is 1.28 bits per heavy atom. The summed E-state index contributed by atoms with van der Waals surface area (Å²) in [6.45, 7) is 6.20. The molecule has 2 unspecified atom stereocenters. The molecule has 3 aromatic rings. The van der Waals surface area contributed by atoms with Crippen LogP contribution in [-0.4, -0.2) is 30.0 Å². The van der Waals surface area contributed by atoms with Gasteiger partial charge in [-0.2, -0.15) is 0 Å². The van der Waals surface area contributed by atoms with E-state index >= 15 is 0 Å². The van der Waals surface area contributed by atoms with Gasteiger partial charge in [0.2, 0.25) is 0 Å². The fourth-order valence-corrected chi connectivity index (χ4v) is 5.71. The minimum atomic E-state index is 0.243. The lowest BCUT2D eigenvalue weighted by molar-refractivity contribution is -0.107. The van der Waals surface area contributed by atoms with E-state index in [-0.39, 0.29) is 6.04 Å². The lowest BCUT2D eigenvalue weighted by atomic mass is 9.92. The van der Waals surface area contributed by atoms with Gasteiger partial charge < -0.3 is 19.6 Å². The van der Waals surface area contributed by atoms with Crippen LogP contribution in [0.1, 0.15) is 49.6 Å². The van der Waals surface area contributed by atoms with Crippen molar-refractivity contribution in [3.8, 4) is 5.69 Å². The smallest absolute Gasteiger partial charge is 0.121 e. The summed E-state index contributed by atoms with van der Waals surface area (Å²) in [5.41, 5.74) is 8.06. The zero-order valence-corrected chi connectivity index (χ0v) is 18.3. The maximum Gasteiger partial charge on any atom is 0.121 e. The molecule has 0 radical (unpaired) electrons. The Morgan fingerprint density at radius 2 is 2.10 bits per heavy atom. The molecule has 0 aliphatic carbocycles. The largest absolute Gasteiger partial charge is 0.371 e. The first-order chi connectivity index (χ1) is 14.1. The third-order valence-electron chi connectivity index (χ3n) is 6.34. The molecule has 2 aliphatic rings. The number of rotatable bonds is 6. The molecule has 1 aromatic heterocycles. The van der Waals surface area contributed by atoms with Crippen molar-refractivity contribution in [3.63, 3.8) is 0 Å². The molecule has 4 nitrogen and oxygen atoms in total. The minimum absolute atomic E-state index is 0.243. The molecule has 0 fully saturated rings. The van der Waals surface area contributed by atoms with E-state index in [4.69, 9.17) is 0 Å². The fourth-order valence-electron chi connectivity index (χ4n) is 5.23. The summed E-state index contributed by atoms with van der Waals surface area (Å²) in [5, 5.41) is 6.47. The van der Waals surface area contributed by atoms with Crippen molar-refractivity contribution in [2.24, 2.45) is 0 Å². The zero-order valence-electron chi connectivity index (χ0n) is 17.1. The molecule has 0 bridgehead atoms. The fraction of sp³-hybridized carbons (Fsp3) is 0.375. The number of carbonyl (C=O) groups is 1. The van der Waals surface area contributed by atoms with Crippen molar-refractivity contribution >= 4 is 37.4 Å². The van der Waals surface area contributed by atoms with Gasteiger partial charge in [0.05, 0.1) is 17.2 Å². The van der Waals surface area contributed by atoms with Crippen molar-refractivity contribution in [2.75, 3.05) is 18.0 Å². The van der Waals surface area contributed by atoms with Crippen LogP contribution in [0.5, 0.6) is 0 Å². The van der Waals surface area contributed by atoms with E-state index in [1.807, 2.05) is 0 Å². The third kappa shape index (κ3) is 2.85. The van der Waals surface area contributed by atoms with Crippen molar-refractivity contribution < 1.29 is 4.79 Å². The summed E-state index contributed by atoms with van der Waals surface area (Å²) in [6, 6.07) is 14.1. The summed E-state index contributed by atoms with van der Waals surface area (Å²) >= 11 is 0. The van der Waals surface area contributed by atoms with Crippen molar-refractivity contribution in [1.82, 2.24) is 9.88 Å². The molecule has 0 saturated carbocycles. The topological polar surface area (TPSA) is 37.3 Å². The van der Waals surface area contributed by atoms with Crippen molar-refractivity contribution in [2.45, 2.75) is 45.2 Å². The molecule has 0 spiro atoms. The number of carbonyl (C=O) groups excluding carboxylic acids is 1. The summed E-state index contributed by atoms with van der Waals surface area (Å²) in [6.07, 6.45) is 3.71. The number of benzene rings is 2. The number of aldehydes is 1. The van der Waals surface area contributed by atoms with Gasteiger partial charge in [0, 0.05) is 47.9 Å². The van der Waals surface area contributed by atoms with Gasteiger partial charge in [-0.1, -0.05) is 25.1 Å². The molecule has 5 rings (SSSR count). The van der Waals surface area contributed by atoms with Crippen LogP contribution < -0.4 is 15.5 Å². The van der Waals surface area contributed by atoms with E-state index in [0.29, 0.717) is 12.5 Å². The SMILES string of the molecule is CCCN(CCC=O)c1cc(P)c2c(c1)-n1c3c(c4ccccc41)CC(C)N[C@H]23. The predicted octanol–water partition coefficient (Wildman–Crippen LogP) is 3.87. The van der Waals surface area contributed by atoms with Crippen molar-refractivity contribution in [3.05, 3.63) is 53.2 Å². The average molecular weight is 405 g/mol. The standard InChI is InChI=1S/C24H28N3OP/c1-3-9-26(10-6-11-28)16-13-20-22(21(29)14-16)23-24-18(12-15(2)25-23)17-7-4-5-8-19(17)27(20)24/h4-5,7-8,11,13-15,23,25H,3,6,9-10,12,29H2,1-2H3/t15?,23-/m1/s1. The first kappa shape index (κ1) is 18.8. The van der Waals surface area contributed by atoms with Crippen molar-refractivity contribution in [1.29, 1.82) is 0 Å². The lowest BCUT2D eigenvalue weighted by Crippen LogP contribution is -2.37. The Kier molecular flexibility index (Phi) is 4.72. The number of nitrogens with one attached hydrogen (secondary N) is 1. The van der Waals surface area contributed by atoms with E-state index < -0.39 is 0 Å². The highest BCUT2D eigenvalue weighted by molar-refractivity contribution is 7.27. The van der Waals surface area contributed by atoms with E-state index in [1.165, 1.54) is 44.4 Å². The number of aromatic nitrogens is 1. The van der Waals surface area contributed by atoms with Gasteiger partial charge in [-0.3, -0.25) is 0 Å². The number of anilines is 1. The zero-order chi connectivity index (χ0) is 20.1. The highest BCUT2D eigenvalue weighted by atomic mass is 31.0. The van der Waals surface area contributed by atoms with Crippen LogP contribution in [0.4, 0.5) is 5.69 Å². The lowest BCUT2D eigenvalue weighted by Gasteiger charge is -2.29. The van der Waals surface area contributed by atoms with Gasteiger partial charge in [-0.05, 0) is 48.8 Å². The number of fused-ring (bicyclic) bond motifs is 6. The summed E-state index contributed by atoms with van der Waals surface area (Å²) in [5.74, 6) is 0. The summed E-state index contributed by atoms with van der Waals surface area (Å²) in [4.78, 5) is 13.3. The second-order valence-electron chi connectivity index (χ2n) is 8.33. The van der Waals surface area contributed by atoms with Gasteiger partial charge in [0.1, 0.15) is 6.29 Å². The van der Waals surface area contributed by atoms with E-state index in [9.17, 15) is 4.79 Å². The molecule has 3 atom stereocenters. The number of hydrogen-bond donors (Lipinski definition) is 1. The molecule has 2 aromatic carbocycles. The van der Waals surface area contributed by atoms with Gasteiger partial charge >= 0.3 is 0 Å². The summed E-state index contributed by atoms with van der Waals surface area (Å²) < 4.78 is 2.48. The Balaban J connectivity index is 1.73. The van der Waals surface area contributed by atoms with E-state index in [2.05, 4.69) is 74.3 Å². The molecule has 5 heteroatoms. The van der Waals surface area contributed by atoms with Crippen LogP contribution in [0.2, 0.25) is 0 Å². The number of nitrogens with zero attached hydrogens (tertiary/aromatic N) is 2. The molecule has 0 saturated heterocycles. The van der Waals surface area contributed by atoms with Crippen LogP contribution in [0, 0.1) is 0 Å². The van der Waals surface area contributed by atoms with Gasteiger partial charge in [0.25, 0.3) is 0 Å². The highest BCUT2D eigenvalue weighted by Gasteiger charge is 2.39. The monoisotopic (exact) mass is 405 g/mol. The van der Waals surface area contributed by atoms with Crippen LogP contribution in [0.25, 0.3) is 16.6 Å². The first-order valence-corrected chi connectivity index (χ1v) is 11.2. The molecule has 2 aliphatic heterocycles. The molecule has 3 heterocycles. The summed E-state index contributed by atoms with van der Waals surface area (Å²) in [7, 11) is 2.97. The third-order valence-corrected chi connectivity index (χ3v) is 6.81. The van der Waals surface area contributed by atoms with E-state index in [1.54, 1.807) is 0 Å². The maximum atomic E-state index is 11.0. The second kappa shape index (κ2) is 7.27. The molecule has 1 N–H and O–H groups in total. The second-order valence-corrected chi connectivity index (χ2v) is 8.95. The molecule has 150 valence electrons. The Hall–Kier alpha value is -2.16. The Bertz CT molecular complexity index is 1100. The number of hydrogen-bond acceptors (Lipinski definition) is 3. The van der Waals surface area contributed by atoms with Crippen LogP contribution in [-0.2, 0) is 11.2 Å². The molecular weight excluding hydrogens is 377 g/mol. The Labute approximate surface area is 174 Å². The Morgan fingerprint density at radius 3 is 2.90 bits per heavy atom. The minimum Gasteiger partial charge on any atom is -0.371 e. The first-order valence-electron chi connectivity index (χ1n) is 10.6. The normalized spacial score (nSPS) is 19.3. The predicted molar refractivity (Wildman–Crippen MR) is 124 cm³/mol. The molecule has 29 heavy (non-hydrogen) atoms. The van der Waals surface area contributed by atoms with Crippen LogP contribution in [0.15, 0.2) is 36.4 Å². The van der Waals surface area contributed by atoms with Crippen LogP contribution >= 0.6 is 9.24 Å². The number of para-hydroxylation sites is 1. The van der Waals surface area contributed by atoms with Gasteiger partial charge in [-0.25, -0.2) is 0 Å².